The molecular formula is C17H33O5P. The molecule has 0 amide bonds. The van der Waals surface area contributed by atoms with E-state index in [1.165, 1.54) is 0 Å². The Kier molecular flexibility index (Phi) is 7.49. The highest BCUT2D eigenvalue weighted by Gasteiger charge is 2.46. The molecular weight excluding hydrogens is 315 g/mol. The summed E-state index contributed by atoms with van der Waals surface area (Å²) in [5.74, 6) is -0.536. The summed E-state index contributed by atoms with van der Waals surface area (Å²) in [5.41, 5.74) is 0.865. The van der Waals surface area contributed by atoms with Gasteiger partial charge in [-0.2, -0.15) is 0 Å². The van der Waals surface area contributed by atoms with E-state index < -0.39 is 13.4 Å². The van der Waals surface area contributed by atoms with E-state index in [1.54, 1.807) is 0 Å². The third-order valence-corrected chi connectivity index (χ3v) is 5.76. The van der Waals surface area contributed by atoms with Crippen LogP contribution in [0, 0.1) is 0 Å². The van der Waals surface area contributed by atoms with Gasteiger partial charge in [-0.15, -0.1) is 0 Å². The van der Waals surface area contributed by atoms with Crippen molar-refractivity contribution in [1.29, 1.82) is 0 Å². The van der Waals surface area contributed by atoms with Crippen molar-refractivity contribution in [2.75, 3.05) is 19.4 Å². The molecule has 1 saturated heterocycles. The van der Waals surface area contributed by atoms with Crippen molar-refractivity contribution in [2.24, 2.45) is 0 Å². The lowest BCUT2D eigenvalue weighted by molar-refractivity contribution is -0.157. The quantitative estimate of drug-likeness (QED) is 0.438. The smallest absolute Gasteiger partial charge is 0.334 e. The highest BCUT2D eigenvalue weighted by molar-refractivity contribution is 7.54. The second-order valence-corrected chi connectivity index (χ2v) is 9.03. The molecule has 1 rings (SSSR count). The van der Waals surface area contributed by atoms with Gasteiger partial charge in [-0.1, -0.05) is 11.6 Å². The number of hydrogen-bond acceptors (Lipinski definition) is 5. The molecule has 0 aromatic carbocycles. The molecule has 0 radical (unpaired) electrons. The fourth-order valence-corrected chi connectivity index (χ4v) is 4.49. The molecule has 1 fully saturated rings. The van der Waals surface area contributed by atoms with Crippen LogP contribution in [0.3, 0.4) is 0 Å². The van der Waals surface area contributed by atoms with Gasteiger partial charge < -0.3 is 18.5 Å². The summed E-state index contributed by atoms with van der Waals surface area (Å²) < 4.78 is 35.0. The van der Waals surface area contributed by atoms with Gasteiger partial charge in [0.05, 0.1) is 31.1 Å². The largest absolute Gasteiger partial charge is 0.344 e. The molecule has 136 valence electrons. The average molecular weight is 348 g/mol. The molecule has 0 aromatic heterocycles. The molecule has 0 N–H and O–H groups in total. The zero-order chi connectivity index (χ0) is 17.7. The van der Waals surface area contributed by atoms with E-state index >= 15 is 0 Å². The minimum Gasteiger partial charge on any atom is -0.344 e. The lowest BCUT2D eigenvalue weighted by atomic mass is 9.96. The van der Waals surface area contributed by atoms with E-state index in [4.69, 9.17) is 18.5 Å². The van der Waals surface area contributed by atoms with Crippen molar-refractivity contribution in [3.8, 4) is 0 Å². The van der Waals surface area contributed by atoms with Gasteiger partial charge in [0.25, 0.3) is 0 Å². The molecule has 1 aliphatic rings. The SMILES string of the molecule is CCOP(=O)(C/C=C(\C)CCC1OC(C)(C)OC1(C)C)OCC. The molecule has 0 aromatic rings. The van der Waals surface area contributed by atoms with Crippen LogP contribution in [-0.2, 0) is 23.1 Å². The van der Waals surface area contributed by atoms with Crippen molar-refractivity contribution in [3.05, 3.63) is 11.6 Å². The average Bonchev–Trinajstić information content (AvgIpc) is 2.62. The maximum Gasteiger partial charge on any atom is 0.334 e. The molecule has 0 bridgehead atoms. The first-order chi connectivity index (χ1) is 10.5. The fourth-order valence-electron chi connectivity index (χ4n) is 2.88. The summed E-state index contributed by atoms with van der Waals surface area (Å²) in [6, 6.07) is 0. The standard InChI is InChI=1S/C17H33O5P/c1-8-19-23(18,20-9-2)13-12-14(3)10-11-15-16(4,5)22-17(6,7)21-15/h12,15H,8-11,13H2,1-7H3/b14-12+. The predicted molar refractivity (Wildman–Crippen MR) is 92.8 cm³/mol. The summed E-state index contributed by atoms with van der Waals surface area (Å²) in [4.78, 5) is 0. The molecule has 0 aliphatic carbocycles. The Bertz CT molecular complexity index is 446. The number of rotatable bonds is 9. The van der Waals surface area contributed by atoms with Crippen molar-refractivity contribution in [1.82, 2.24) is 0 Å². The van der Waals surface area contributed by atoms with Gasteiger partial charge in [0.15, 0.2) is 5.79 Å². The van der Waals surface area contributed by atoms with Gasteiger partial charge >= 0.3 is 7.60 Å². The topological polar surface area (TPSA) is 54.0 Å². The van der Waals surface area contributed by atoms with Crippen molar-refractivity contribution in [3.63, 3.8) is 0 Å². The van der Waals surface area contributed by atoms with E-state index in [-0.39, 0.29) is 11.7 Å². The van der Waals surface area contributed by atoms with Crippen LogP contribution in [0.5, 0.6) is 0 Å². The minimum atomic E-state index is -3.00. The van der Waals surface area contributed by atoms with Gasteiger partial charge in [0.2, 0.25) is 0 Å². The molecule has 1 aliphatic heterocycles. The monoisotopic (exact) mass is 348 g/mol. The summed E-state index contributed by atoms with van der Waals surface area (Å²) in [7, 11) is -3.00. The molecule has 1 heterocycles. The van der Waals surface area contributed by atoms with Gasteiger partial charge in [-0.05, 0) is 61.3 Å². The van der Waals surface area contributed by atoms with Crippen LogP contribution in [0.2, 0.25) is 0 Å². The van der Waals surface area contributed by atoms with E-state index in [2.05, 4.69) is 13.8 Å². The predicted octanol–water partition coefficient (Wildman–Crippen LogP) is 4.91. The van der Waals surface area contributed by atoms with Crippen molar-refractivity contribution >= 4 is 7.60 Å². The third-order valence-electron chi connectivity index (χ3n) is 3.83. The highest BCUT2D eigenvalue weighted by atomic mass is 31.2. The maximum atomic E-state index is 12.4. The van der Waals surface area contributed by atoms with Gasteiger partial charge in [0, 0.05) is 0 Å². The first-order valence-electron chi connectivity index (χ1n) is 8.45. The van der Waals surface area contributed by atoms with Crippen molar-refractivity contribution < 1.29 is 23.1 Å². The second-order valence-electron chi connectivity index (χ2n) is 6.93. The third kappa shape index (κ3) is 6.67. The van der Waals surface area contributed by atoms with Crippen LogP contribution in [0.15, 0.2) is 11.6 Å². The van der Waals surface area contributed by atoms with Gasteiger partial charge in [0.1, 0.15) is 0 Å². The number of hydrogen-bond donors (Lipinski definition) is 0. The molecule has 0 spiro atoms. The Hall–Kier alpha value is -0.190. The van der Waals surface area contributed by atoms with Crippen LogP contribution < -0.4 is 0 Å². The Balaban J connectivity index is 2.56. The molecule has 23 heavy (non-hydrogen) atoms. The Labute approximate surface area is 141 Å². The molecule has 1 unspecified atom stereocenters. The molecule has 1 atom stereocenters. The lowest BCUT2D eigenvalue weighted by Crippen LogP contribution is -2.33. The highest BCUT2D eigenvalue weighted by Crippen LogP contribution is 2.48. The maximum absolute atomic E-state index is 12.4. The van der Waals surface area contributed by atoms with Crippen LogP contribution in [0.25, 0.3) is 0 Å². The molecule has 5 nitrogen and oxygen atoms in total. The fraction of sp³-hybridized carbons (Fsp3) is 0.882. The summed E-state index contributed by atoms with van der Waals surface area (Å²) in [6.07, 6.45) is 4.06. The molecule has 0 saturated carbocycles. The summed E-state index contributed by atoms with van der Waals surface area (Å²) in [5, 5.41) is 0. The normalized spacial score (nSPS) is 24.1. The first-order valence-corrected chi connectivity index (χ1v) is 10.2. The first kappa shape index (κ1) is 20.9. The van der Waals surface area contributed by atoms with Crippen LogP contribution in [0.1, 0.15) is 61.3 Å². The lowest BCUT2D eigenvalue weighted by Gasteiger charge is -2.24. The van der Waals surface area contributed by atoms with Crippen molar-refractivity contribution in [2.45, 2.75) is 78.8 Å². The minimum absolute atomic E-state index is 0.0476. The van der Waals surface area contributed by atoms with E-state index in [1.807, 2.05) is 40.7 Å². The van der Waals surface area contributed by atoms with E-state index in [0.29, 0.717) is 19.4 Å². The Morgan fingerprint density at radius 2 is 1.74 bits per heavy atom. The Morgan fingerprint density at radius 3 is 2.17 bits per heavy atom. The second kappa shape index (κ2) is 8.26. The zero-order valence-electron chi connectivity index (χ0n) is 15.7. The van der Waals surface area contributed by atoms with Crippen LogP contribution in [-0.4, -0.2) is 36.9 Å². The zero-order valence-corrected chi connectivity index (χ0v) is 16.6. The van der Waals surface area contributed by atoms with E-state index in [9.17, 15) is 4.57 Å². The van der Waals surface area contributed by atoms with E-state index in [0.717, 1.165) is 18.4 Å². The molecule has 6 heteroatoms. The number of allylic oxidation sites excluding steroid dienone is 2. The van der Waals surface area contributed by atoms with Crippen LogP contribution in [0.4, 0.5) is 0 Å². The van der Waals surface area contributed by atoms with Crippen LogP contribution >= 0.6 is 7.60 Å². The Morgan fingerprint density at radius 1 is 1.17 bits per heavy atom. The van der Waals surface area contributed by atoms with Gasteiger partial charge in [-0.3, -0.25) is 4.57 Å². The van der Waals surface area contributed by atoms with Gasteiger partial charge in [-0.25, -0.2) is 0 Å². The number of ether oxygens (including phenoxy) is 2. The summed E-state index contributed by atoms with van der Waals surface area (Å²) in [6.45, 7) is 14.5. The summed E-state index contributed by atoms with van der Waals surface area (Å²) >= 11 is 0.